The molecule has 20 heavy (non-hydrogen) atoms. The number of carbonyl (C=O) groups excluding carboxylic acids is 1. The predicted molar refractivity (Wildman–Crippen MR) is 84.5 cm³/mol. The van der Waals surface area contributed by atoms with E-state index < -0.39 is 0 Å². The Morgan fingerprint density at radius 2 is 1.80 bits per heavy atom. The first kappa shape index (κ1) is 14.1. The molecule has 110 valence electrons. The second-order valence-electron chi connectivity index (χ2n) is 6.32. The van der Waals surface area contributed by atoms with Crippen LogP contribution < -0.4 is 0 Å². The summed E-state index contributed by atoms with van der Waals surface area (Å²) in [5, 5.41) is 2.12. The summed E-state index contributed by atoms with van der Waals surface area (Å²) in [4.78, 5) is 16.3. The molecule has 0 atom stereocenters. The molecule has 1 heterocycles. The van der Waals surface area contributed by atoms with E-state index in [1.165, 1.54) is 68.2 Å². The number of fused-ring (bicyclic) bond motifs is 1. The van der Waals surface area contributed by atoms with Gasteiger partial charge in [-0.2, -0.15) is 0 Å². The van der Waals surface area contributed by atoms with Crippen LogP contribution in [0.25, 0.3) is 0 Å². The number of thiophene rings is 1. The van der Waals surface area contributed by atoms with Crippen LogP contribution in [-0.4, -0.2) is 23.9 Å². The van der Waals surface area contributed by atoms with E-state index in [2.05, 4.69) is 5.38 Å². The van der Waals surface area contributed by atoms with Gasteiger partial charge in [-0.3, -0.25) is 4.79 Å². The fraction of sp³-hybridized carbons (Fsp3) is 0.706. The topological polar surface area (TPSA) is 20.3 Å². The Kier molecular flexibility index (Phi) is 4.45. The molecule has 2 aliphatic rings. The smallest absolute Gasteiger partial charge is 0.254 e. The average Bonchev–Trinajstić information content (AvgIpc) is 2.72. The SMILES string of the molecule is CN(C(=O)c1csc2c1CCCC2)C1CCCCCC1. The first-order valence-electron chi connectivity index (χ1n) is 8.14. The van der Waals surface area contributed by atoms with Crippen molar-refractivity contribution in [2.45, 2.75) is 70.3 Å². The molecule has 2 nitrogen and oxygen atoms in total. The highest BCUT2D eigenvalue weighted by atomic mass is 32.1. The maximum atomic E-state index is 12.8. The monoisotopic (exact) mass is 291 g/mol. The molecule has 0 spiro atoms. The number of rotatable bonds is 2. The highest BCUT2D eigenvalue weighted by Gasteiger charge is 2.26. The van der Waals surface area contributed by atoms with Gasteiger partial charge in [-0.1, -0.05) is 25.7 Å². The summed E-state index contributed by atoms with van der Waals surface area (Å²) in [6.07, 6.45) is 12.4. The van der Waals surface area contributed by atoms with Gasteiger partial charge in [0.05, 0.1) is 5.56 Å². The standard InChI is InChI=1S/C17H25NOS/c1-18(13-8-4-2-3-5-9-13)17(19)15-12-20-16-11-7-6-10-14(15)16/h12-13H,2-11H2,1H3. The molecule has 0 bridgehead atoms. The lowest BCUT2D eigenvalue weighted by molar-refractivity contribution is 0.0717. The number of amides is 1. The van der Waals surface area contributed by atoms with Gasteiger partial charge >= 0.3 is 0 Å². The van der Waals surface area contributed by atoms with Gasteiger partial charge in [0.25, 0.3) is 5.91 Å². The largest absolute Gasteiger partial charge is 0.339 e. The number of hydrogen-bond donors (Lipinski definition) is 0. The third kappa shape index (κ3) is 2.78. The molecule has 1 aromatic rings. The van der Waals surface area contributed by atoms with Crippen LogP contribution in [0.4, 0.5) is 0 Å². The first-order chi connectivity index (χ1) is 9.77. The summed E-state index contributed by atoms with van der Waals surface area (Å²) in [7, 11) is 2.02. The Labute approximate surface area is 126 Å². The van der Waals surface area contributed by atoms with Crippen LogP contribution in [0.5, 0.6) is 0 Å². The van der Waals surface area contributed by atoms with Gasteiger partial charge in [0, 0.05) is 23.3 Å². The molecule has 2 aliphatic carbocycles. The van der Waals surface area contributed by atoms with Crippen molar-refractivity contribution in [1.82, 2.24) is 4.90 Å². The van der Waals surface area contributed by atoms with Crippen molar-refractivity contribution < 1.29 is 4.79 Å². The second-order valence-corrected chi connectivity index (χ2v) is 7.28. The molecule has 0 unspecified atom stereocenters. The highest BCUT2D eigenvalue weighted by molar-refractivity contribution is 7.10. The summed E-state index contributed by atoms with van der Waals surface area (Å²) in [5.74, 6) is 0.274. The minimum absolute atomic E-state index is 0.274. The average molecular weight is 291 g/mol. The Morgan fingerprint density at radius 1 is 1.10 bits per heavy atom. The highest BCUT2D eigenvalue weighted by Crippen LogP contribution is 2.32. The van der Waals surface area contributed by atoms with Crippen LogP contribution in [0, 0.1) is 0 Å². The van der Waals surface area contributed by atoms with Gasteiger partial charge in [0.15, 0.2) is 0 Å². The molecule has 1 fully saturated rings. The number of aryl methyl sites for hydroxylation is 1. The van der Waals surface area contributed by atoms with Crippen LogP contribution >= 0.6 is 11.3 Å². The number of carbonyl (C=O) groups is 1. The molecule has 0 radical (unpaired) electrons. The van der Waals surface area contributed by atoms with Crippen molar-refractivity contribution in [2.75, 3.05) is 7.05 Å². The summed E-state index contributed by atoms with van der Waals surface area (Å²) < 4.78 is 0. The zero-order valence-corrected chi connectivity index (χ0v) is 13.3. The van der Waals surface area contributed by atoms with Gasteiger partial charge in [-0.05, 0) is 44.1 Å². The van der Waals surface area contributed by atoms with E-state index in [4.69, 9.17) is 0 Å². The van der Waals surface area contributed by atoms with E-state index in [9.17, 15) is 4.79 Å². The van der Waals surface area contributed by atoms with Crippen molar-refractivity contribution >= 4 is 17.2 Å². The van der Waals surface area contributed by atoms with Gasteiger partial charge in [0.2, 0.25) is 0 Å². The zero-order chi connectivity index (χ0) is 13.9. The Morgan fingerprint density at radius 3 is 2.55 bits per heavy atom. The normalized spacial score (nSPS) is 20.2. The van der Waals surface area contributed by atoms with Gasteiger partial charge in [-0.25, -0.2) is 0 Å². The minimum Gasteiger partial charge on any atom is -0.339 e. The van der Waals surface area contributed by atoms with E-state index in [0.29, 0.717) is 6.04 Å². The molecule has 0 N–H and O–H groups in total. The van der Waals surface area contributed by atoms with E-state index >= 15 is 0 Å². The number of hydrogen-bond acceptors (Lipinski definition) is 2. The molecular weight excluding hydrogens is 266 g/mol. The quantitative estimate of drug-likeness (QED) is 0.739. The maximum absolute atomic E-state index is 12.8. The van der Waals surface area contributed by atoms with Crippen molar-refractivity contribution in [1.29, 1.82) is 0 Å². The van der Waals surface area contributed by atoms with Gasteiger partial charge in [-0.15, -0.1) is 11.3 Å². The summed E-state index contributed by atoms with van der Waals surface area (Å²) in [6, 6.07) is 0.462. The van der Waals surface area contributed by atoms with Crippen molar-refractivity contribution in [2.24, 2.45) is 0 Å². The van der Waals surface area contributed by atoms with E-state index in [1.807, 2.05) is 11.9 Å². The molecular formula is C17H25NOS. The zero-order valence-electron chi connectivity index (χ0n) is 12.5. The van der Waals surface area contributed by atoms with Crippen LogP contribution in [0.1, 0.15) is 72.2 Å². The minimum atomic E-state index is 0.274. The van der Waals surface area contributed by atoms with Crippen LogP contribution in [0.3, 0.4) is 0 Å². The van der Waals surface area contributed by atoms with Crippen LogP contribution in [0.2, 0.25) is 0 Å². The first-order valence-corrected chi connectivity index (χ1v) is 9.01. The molecule has 0 saturated heterocycles. The Hall–Kier alpha value is -0.830. The summed E-state index contributed by atoms with van der Waals surface area (Å²) >= 11 is 1.80. The van der Waals surface area contributed by atoms with Crippen molar-refractivity contribution in [3.8, 4) is 0 Å². The lowest BCUT2D eigenvalue weighted by Crippen LogP contribution is -2.37. The van der Waals surface area contributed by atoms with Gasteiger partial charge < -0.3 is 4.90 Å². The lowest BCUT2D eigenvalue weighted by Gasteiger charge is -2.27. The van der Waals surface area contributed by atoms with E-state index in [1.54, 1.807) is 11.3 Å². The third-order valence-electron chi connectivity index (χ3n) is 4.98. The molecule has 1 saturated carbocycles. The third-order valence-corrected chi connectivity index (χ3v) is 6.07. The number of nitrogens with zero attached hydrogens (tertiary/aromatic N) is 1. The Bertz CT molecular complexity index is 471. The Balaban J connectivity index is 1.75. The molecule has 0 aromatic carbocycles. The summed E-state index contributed by atoms with van der Waals surface area (Å²) in [6.45, 7) is 0. The molecule has 3 rings (SSSR count). The fourth-order valence-corrected chi connectivity index (χ4v) is 4.79. The summed E-state index contributed by atoms with van der Waals surface area (Å²) in [5.41, 5.74) is 2.38. The van der Waals surface area contributed by atoms with Crippen molar-refractivity contribution in [3.05, 3.63) is 21.4 Å². The van der Waals surface area contributed by atoms with E-state index in [-0.39, 0.29) is 5.91 Å². The fourth-order valence-electron chi connectivity index (χ4n) is 3.67. The molecule has 1 aromatic heterocycles. The molecule has 0 aliphatic heterocycles. The lowest BCUT2D eigenvalue weighted by atomic mass is 9.95. The van der Waals surface area contributed by atoms with Gasteiger partial charge in [0.1, 0.15) is 0 Å². The molecule has 1 amide bonds. The van der Waals surface area contributed by atoms with E-state index in [0.717, 1.165) is 12.0 Å². The van der Waals surface area contributed by atoms with Crippen LogP contribution in [0.15, 0.2) is 5.38 Å². The van der Waals surface area contributed by atoms with Crippen molar-refractivity contribution in [3.63, 3.8) is 0 Å². The predicted octanol–water partition coefficient (Wildman–Crippen LogP) is 4.42. The molecule has 3 heteroatoms. The maximum Gasteiger partial charge on any atom is 0.254 e. The second kappa shape index (κ2) is 6.30. The van der Waals surface area contributed by atoms with Crippen LogP contribution in [-0.2, 0) is 12.8 Å².